The minimum absolute atomic E-state index is 0.136. The highest BCUT2D eigenvalue weighted by Crippen LogP contribution is 2.42. The van der Waals surface area contributed by atoms with Crippen LogP contribution in [0.3, 0.4) is 0 Å². The molecule has 1 saturated heterocycles. The molecule has 0 bridgehead atoms. The van der Waals surface area contributed by atoms with Gasteiger partial charge in [-0.05, 0) is 49.4 Å². The number of esters is 1. The fraction of sp³-hybridized carbons (Fsp3) is 0.318. The van der Waals surface area contributed by atoms with E-state index in [1.807, 2.05) is 6.07 Å². The maximum absolute atomic E-state index is 12.8. The van der Waals surface area contributed by atoms with Gasteiger partial charge in [0, 0.05) is 6.07 Å². The normalized spacial score (nSPS) is 24.6. The minimum atomic E-state index is -0.477. The lowest BCUT2D eigenvalue weighted by Crippen LogP contribution is -2.30. The SMILES string of the molecule is C[C@@H]1CC[C@H]2C(=O)N(c3cccc(OC(=O)c4ccccc4)c3)C(=O)[C@@H]2C1. The zero-order valence-corrected chi connectivity index (χ0v) is 15.1. The molecule has 1 saturated carbocycles. The first-order valence-electron chi connectivity index (χ1n) is 9.29. The van der Waals surface area contributed by atoms with E-state index in [9.17, 15) is 14.4 Å². The van der Waals surface area contributed by atoms with Crippen LogP contribution in [0.5, 0.6) is 5.75 Å². The predicted octanol–water partition coefficient (Wildman–Crippen LogP) is 3.83. The molecule has 0 unspecified atom stereocenters. The number of benzene rings is 2. The average Bonchev–Trinajstić information content (AvgIpc) is 2.92. The molecule has 1 aliphatic heterocycles. The van der Waals surface area contributed by atoms with E-state index < -0.39 is 5.97 Å². The second-order valence-electron chi connectivity index (χ2n) is 7.40. The van der Waals surface area contributed by atoms with E-state index in [0.29, 0.717) is 22.9 Å². The molecule has 2 aromatic carbocycles. The fourth-order valence-corrected chi connectivity index (χ4v) is 4.07. The van der Waals surface area contributed by atoms with Crippen molar-refractivity contribution in [2.45, 2.75) is 26.2 Å². The monoisotopic (exact) mass is 363 g/mol. The van der Waals surface area contributed by atoms with Gasteiger partial charge in [0.2, 0.25) is 11.8 Å². The number of carbonyl (C=O) groups excluding carboxylic acids is 3. The number of imide groups is 1. The molecule has 2 amide bonds. The molecule has 0 spiro atoms. The van der Waals surface area contributed by atoms with Crippen molar-refractivity contribution in [1.82, 2.24) is 0 Å². The molecule has 4 rings (SSSR count). The minimum Gasteiger partial charge on any atom is -0.423 e. The summed E-state index contributed by atoms with van der Waals surface area (Å²) in [6.45, 7) is 2.13. The molecule has 5 heteroatoms. The standard InChI is InChI=1S/C22H21NO4/c1-14-10-11-18-19(12-14)21(25)23(20(18)24)16-8-5-9-17(13-16)27-22(26)15-6-3-2-4-7-15/h2-9,13-14,18-19H,10-12H2,1H3/t14-,18-,19-/m1/s1. The average molecular weight is 363 g/mol. The van der Waals surface area contributed by atoms with E-state index in [4.69, 9.17) is 4.74 Å². The van der Waals surface area contributed by atoms with Crippen molar-refractivity contribution < 1.29 is 19.1 Å². The topological polar surface area (TPSA) is 63.7 Å². The Morgan fingerprint density at radius 1 is 0.963 bits per heavy atom. The van der Waals surface area contributed by atoms with Crippen LogP contribution < -0.4 is 9.64 Å². The summed E-state index contributed by atoms with van der Waals surface area (Å²) >= 11 is 0. The Kier molecular flexibility index (Phi) is 4.52. The summed E-state index contributed by atoms with van der Waals surface area (Å²) in [6.07, 6.45) is 2.49. The van der Waals surface area contributed by atoms with Gasteiger partial charge in [-0.3, -0.25) is 9.59 Å². The van der Waals surface area contributed by atoms with Crippen molar-refractivity contribution >= 4 is 23.5 Å². The molecule has 2 fully saturated rings. The van der Waals surface area contributed by atoms with Crippen molar-refractivity contribution in [2.75, 3.05) is 4.90 Å². The van der Waals surface area contributed by atoms with Gasteiger partial charge in [-0.1, -0.05) is 31.2 Å². The van der Waals surface area contributed by atoms with Gasteiger partial charge in [0.05, 0.1) is 23.1 Å². The number of ether oxygens (including phenoxy) is 1. The first kappa shape index (κ1) is 17.5. The van der Waals surface area contributed by atoms with Gasteiger partial charge in [-0.2, -0.15) is 0 Å². The Labute approximate surface area is 157 Å². The van der Waals surface area contributed by atoms with Gasteiger partial charge >= 0.3 is 5.97 Å². The van der Waals surface area contributed by atoms with Crippen LogP contribution in [0.15, 0.2) is 54.6 Å². The first-order valence-corrected chi connectivity index (χ1v) is 9.29. The number of hydrogen-bond donors (Lipinski definition) is 0. The van der Waals surface area contributed by atoms with Gasteiger partial charge in [0.1, 0.15) is 5.75 Å². The number of amides is 2. The largest absolute Gasteiger partial charge is 0.423 e. The number of rotatable bonds is 3. The van der Waals surface area contributed by atoms with Gasteiger partial charge < -0.3 is 4.74 Å². The molecule has 138 valence electrons. The van der Waals surface area contributed by atoms with E-state index in [0.717, 1.165) is 19.3 Å². The third-order valence-corrected chi connectivity index (χ3v) is 5.48. The van der Waals surface area contributed by atoms with E-state index in [2.05, 4.69) is 6.92 Å². The van der Waals surface area contributed by atoms with Crippen LogP contribution in [-0.4, -0.2) is 17.8 Å². The van der Waals surface area contributed by atoms with Crippen molar-refractivity contribution in [1.29, 1.82) is 0 Å². The summed E-state index contributed by atoms with van der Waals surface area (Å²) in [4.78, 5) is 39.2. The molecule has 0 radical (unpaired) electrons. The predicted molar refractivity (Wildman–Crippen MR) is 100 cm³/mol. The number of nitrogens with zero attached hydrogens (tertiary/aromatic N) is 1. The molecule has 1 heterocycles. The van der Waals surface area contributed by atoms with Crippen LogP contribution in [0.2, 0.25) is 0 Å². The lowest BCUT2D eigenvalue weighted by molar-refractivity contribution is -0.122. The van der Waals surface area contributed by atoms with Crippen LogP contribution in [0.25, 0.3) is 0 Å². The van der Waals surface area contributed by atoms with Crippen molar-refractivity contribution in [3.05, 3.63) is 60.2 Å². The van der Waals surface area contributed by atoms with E-state index >= 15 is 0 Å². The highest BCUT2D eigenvalue weighted by molar-refractivity contribution is 6.22. The highest BCUT2D eigenvalue weighted by atomic mass is 16.5. The zero-order chi connectivity index (χ0) is 19.0. The van der Waals surface area contributed by atoms with Crippen LogP contribution in [0, 0.1) is 17.8 Å². The Balaban J connectivity index is 1.56. The van der Waals surface area contributed by atoms with Gasteiger partial charge in [0.25, 0.3) is 0 Å². The molecule has 0 aromatic heterocycles. The summed E-state index contributed by atoms with van der Waals surface area (Å²) in [5, 5.41) is 0. The Hall–Kier alpha value is -2.95. The summed E-state index contributed by atoms with van der Waals surface area (Å²) in [5.74, 6) is -0.423. The molecule has 2 aromatic rings. The molecule has 2 aliphatic rings. The van der Waals surface area contributed by atoms with E-state index in [-0.39, 0.29) is 23.7 Å². The lowest BCUT2D eigenvalue weighted by atomic mass is 9.76. The molecule has 5 nitrogen and oxygen atoms in total. The van der Waals surface area contributed by atoms with E-state index in [1.54, 1.807) is 48.5 Å². The van der Waals surface area contributed by atoms with Crippen LogP contribution in [-0.2, 0) is 9.59 Å². The third kappa shape index (κ3) is 3.25. The number of anilines is 1. The molecule has 0 N–H and O–H groups in total. The van der Waals surface area contributed by atoms with E-state index in [1.165, 1.54) is 4.90 Å². The summed E-state index contributed by atoms with van der Waals surface area (Å²) in [6, 6.07) is 15.3. The molecule has 1 aliphatic carbocycles. The zero-order valence-electron chi connectivity index (χ0n) is 15.1. The van der Waals surface area contributed by atoms with Gasteiger partial charge in [-0.25, -0.2) is 9.69 Å². The third-order valence-electron chi connectivity index (χ3n) is 5.48. The van der Waals surface area contributed by atoms with Crippen LogP contribution >= 0.6 is 0 Å². The maximum Gasteiger partial charge on any atom is 0.343 e. The quantitative estimate of drug-likeness (QED) is 0.472. The van der Waals surface area contributed by atoms with Crippen molar-refractivity contribution in [3.63, 3.8) is 0 Å². The second-order valence-corrected chi connectivity index (χ2v) is 7.40. The van der Waals surface area contributed by atoms with Crippen LogP contribution in [0.1, 0.15) is 36.5 Å². The fourth-order valence-electron chi connectivity index (χ4n) is 4.07. The summed E-state index contributed by atoms with van der Waals surface area (Å²) in [7, 11) is 0. The van der Waals surface area contributed by atoms with Crippen molar-refractivity contribution in [3.8, 4) is 5.75 Å². The molecular formula is C22H21NO4. The van der Waals surface area contributed by atoms with Gasteiger partial charge in [-0.15, -0.1) is 0 Å². The highest BCUT2D eigenvalue weighted by Gasteiger charge is 2.50. The van der Waals surface area contributed by atoms with Crippen molar-refractivity contribution in [2.24, 2.45) is 17.8 Å². The molecule has 3 atom stereocenters. The van der Waals surface area contributed by atoms with Crippen LogP contribution in [0.4, 0.5) is 5.69 Å². The number of fused-ring (bicyclic) bond motifs is 1. The lowest BCUT2D eigenvalue weighted by Gasteiger charge is -2.25. The maximum atomic E-state index is 12.8. The van der Waals surface area contributed by atoms with Gasteiger partial charge in [0.15, 0.2) is 0 Å². The smallest absolute Gasteiger partial charge is 0.343 e. The Morgan fingerprint density at radius 3 is 2.48 bits per heavy atom. The molecular weight excluding hydrogens is 342 g/mol. The summed E-state index contributed by atoms with van der Waals surface area (Å²) in [5.41, 5.74) is 0.904. The molecule has 27 heavy (non-hydrogen) atoms. The summed E-state index contributed by atoms with van der Waals surface area (Å²) < 4.78 is 5.42. The number of carbonyl (C=O) groups is 3. The second kappa shape index (κ2) is 6.99. The first-order chi connectivity index (χ1) is 13.0. The Morgan fingerprint density at radius 2 is 1.70 bits per heavy atom. The Bertz CT molecular complexity index is 892. The number of hydrogen-bond acceptors (Lipinski definition) is 4.